The maximum Gasteiger partial charge on any atom is 0.338 e. The van der Waals surface area contributed by atoms with Crippen LogP contribution >= 0.6 is 0 Å². The number of hydrogen-bond acceptors (Lipinski definition) is 3. The van der Waals surface area contributed by atoms with Crippen molar-refractivity contribution < 1.29 is 9.53 Å². The second kappa shape index (κ2) is 4.18. The smallest absolute Gasteiger partial charge is 0.338 e. The zero-order valence-electron chi connectivity index (χ0n) is 10.0. The quantitative estimate of drug-likeness (QED) is 0.614. The summed E-state index contributed by atoms with van der Waals surface area (Å²) in [7, 11) is 0. The van der Waals surface area contributed by atoms with Gasteiger partial charge in [0.05, 0.1) is 5.69 Å². The van der Waals surface area contributed by atoms with E-state index in [9.17, 15) is 4.79 Å². The summed E-state index contributed by atoms with van der Waals surface area (Å²) in [5.74, 6) is 0.323. The van der Waals surface area contributed by atoms with Crippen molar-refractivity contribution in [3.63, 3.8) is 0 Å². The van der Waals surface area contributed by atoms with Crippen molar-refractivity contribution in [1.29, 1.82) is 0 Å². The molecule has 0 bridgehead atoms. The fraction of sp³-hybridized carbons (Fsp3) is 0.133. The predicted octanol–water partition coefficient (Wildman–Crippen LogP) is 3.07. The Kier molecular flexibility index (Phi) is 2.52. The zero-order chi connectivity index (χ0) is 12.5. The van der Waals surface area contributed by atoms with Crippen LogP contribution in [0.1, 0.15) is 17.2 Å². The van der Waals surface area contributed by atoms with Crippen molar-refractivity contribution >= 4 is 11.7 Å². The van der Waals surface area contributed by atoms with E-state index in [0.717, 1.165) is 11.3 Å². The Morgan fingerprint density at radius 1 is 1.06 bits per heavy atom. The topological polar surface area (TPSA) is 38.3 Å². The number of anilines is 1. The van der Waals surface area contributed by atoms with Gasteiger partial charge in [0.25, 0.3) is 0 Å². The number of hydrogen-bond donors (Lipinski definition) is 1. The largest absolute Gasteiger partial charge is 0.423 e. The van der Waals surface area contributed by atoms with E-state index in [4.69, 9.17) is 4.74 Å². The average molecular weight is 239 g/mol. The van der Waals surface area contributed by atoms with Gasteiger partial charge in [-0.3, -0.25) is 0 Å². The Balaban J connectivity index is 1.95. The predicted molar refractivity (Wildman–Crippen MR) is 69.6 cm³/mol. The van der Waals surface area contributed by atoms with E-state index in [0.29, 0.717) is 5.75 Å². The number of nitrogens with one attached hydrogen (secondary N) is 1. The summed E-state index contributed by atoms with van der Waals surface area (Å²) < 4.78 is 5.33. The van der Waals surface area contributed by atoms with Crippen molar-refractivity contribution in [3.05, 3.63) is 59.7 Å². The molecule has 0 unspecified atom stereocenters. The average Bonchev–Trinajstić information content (AvgIpc) is 2.39. The summed E-state index contributed by atoms with van der Waals surface area (Å²) >= 11 is 0. The van der Waals surface area contributed by atoms with Gasteiger partial charge in [0.1, 0.15) is 0 Å². The maximum atomic E-state index is 12.0. The van der Waals surface area contributed by atoms with Gasteiger partial charge >= 0.3 is 5.97 Å². The molecule has 0 saturated heterocycles. The molecule has 1 aliphatic heterocycles. The van der Waals surface area contributed by atoms with Crippen molar-refractivity contribution in [1.82, 2.24) is 0 Å². The monoisotopic (exact) mass is 239 g/mol. The number of benzene rings is 2. The zero-order valence-corrected chi connectivity index (χ0v) is 10.0. The Hall–Kier alpha value is -2.29. The van der Waals surface area contributed by atoms with Crippen LogP contribution in [-0.4, -0.2) is 5.97 Å². The van der Waals surface area contributed by atoms with Gasteiger partial charge in [-0.25, -0.2) is 4.79 Å². The SMILES string of the molecule is Cc1ccc([C@H]2Nc3ccccc3OC2=O)cc1. The van der Waals surface area contributed by atoms with Gasteiger partial charge in [-0.1, -0.05) is 42.0 Å². The van der Waals surface area contributed by atoms with E-state index in [1.807, 2.05) is 49.4 Å². The summed E-state index contributed by atoms with van der Waals surface area (Å²) in [4.78, 5) is 12.0. The highest BCUT2D eigenvalue weighted by molar-refractivity contribution is 5.87. The highest BCUT2D eigenvalue weighted by atomic mass is 16.5. The summed E-state index contributed by atoms with van der Waals surface area (Å²) in [5.41, 5.74) is 2.94. The fourth-order valence-corrected chi connectivity index (χ4v) is 2.03. The molecule has 0 saturated carbocycles. The lowest BCUT2D eigenvalue weighted by Gasteiger charge is -2.25. The first-order valence-electron chi connectivity index (χ1n) is 5.88. The molecule has 90 valence electrons. The molecule has 3 heteroatoms. The van der Waals surface area contributed by atoms with Crippen LogP contribution in [-0.2, 0) is 4.79 Å². The number of carbonyl (C=O) groups is 1. The highest BCUT2D eigenvalue weighted by Gasteiger charge is 2.28. The third-order valence-corrected chi connectivity index (χ3v) is 3.04. The second-order valence-electron chi connectivity index (χ2n) is 4.41. The van der Waals surface area contributed by atoms with Crippen LogP contribution < -0.4 is 10.1 Å². The number of carbonyl (C=O) groups excluding carboxylic acids is 1. The molecule has 1 heterocycles. The van der Waals surface area contributed by atoms with Crippen LogP contribution in [0.3, 0.4) is 0 Å². The van der Waals surface area contributed by atoms with E-state index in [-0.39, 0.29) is 5.97 Å². The molecular formula is C15H13NO2. The molecule has 2 aromatic carbocycles. The maximum absolute atomic E-state index is 12.0. The highest BCUT2D eigenvalue weighted by Crippen LogP contribution is 2.33. The molecule has 0 amide bonds. The second-order valence-corrected chi connectivity index (χ2v) is 4.41. The van der Waals surface area contributed by atoms with Gasteiger partial charge in [-0.15, -0.1) is 0 Å². The lowest BCUT2D eigenvalue weighted by Crippen LogP contribution is -2.29. The van der Waals surface area contributed by atoms with Crippen molar-refractivity contribution in [2.24, 2.45) is 0 Å². The van der Waals surface area contributed by atoms with Gasteiger partial charge in [0.2, 0.25) is 0 Å². The van der Waals surface area contributed by atoms with Crippen molar-refractivity contribution in [3.8, 4) is 5.75 Å². The number of ether oxygens (including phenoxy) is 1. The molecule has 1 aliphatic rings. The minimum absolute atomic E-state index is 0.266. The summed E-state index contributed by atoms with van der Waals surface area (Å²) in [6.07, 6.45) is 0. The van der Waals surface area contributed by atoms with Gasteiger partial charge < -0.3 is 10.1 Å². The summed E-state index contributed by atoms with van der Waals surface area (Å²) in [6.45, 7) is 2.02. The van der Waals surface area contributed by atoms with E-state index in [1.54, 1.807) is 6.07 Å². The van der Waals surface area contributed by atoms with Crippen LogP contribution in [0.2, 0.25) is 0 Å². The molecule has 0 radical (unpaired) electrons. The Morgan fingerprint density at radius 3 is 2.56 bits per heavy atom. The third kappa shape index (κ3) is 1.84. The third-order valence-electron chi connectivity index (χ3n) is 3.04. The molecule has 3 rings (SSSR count). The minimum atomic E-state index is -0.430. The van der Waals surface area contributed by atoms with Crippen LogP contribution in [0.5, 0.6) is 5.75 Å². The first kappa shape index (κ1) is 10.8. The Bertz CT molecular complexity index is 590. The molecule has 1 N–H and O–H groups in total. The molecule has 0 fully saturated rings. The summed E-state index contributed by atoms with van der Waals surface area (Å²) in [5, 5.41) is 3.21. The number of fused-ring (bicyclic) bond motifs is 1. The first-order valence-corrected chi connectivity index (χ1v) is 5.88. The number of para-hydroxylation sites is 2. The van der Waals surface area contributed by atoms with Crippen molar-refractivity contribution in [2.75, 3.05) is 5.32 Å². The van der Waals surface area contributed by atoms with E-state index >= 15 is 0 Å². The van der Waals surface area contributed by atoms with Crippen LogP contribution in [0.15, 0.2) is 48.5 Å². The van der Waals surface area contributed by atoms with Crippen LogP contribution in [0, 0.1) is 6.92 Å². The van der Waals surface area contributed by atoms with E-state index in [2.05, 4.69) is 5.32 Å². The fourth-order valence-electron chi connectivity index (χ4n) is 2.03. The van der Waals surface area contributed by atoms with Gasteiger partial charge in [-0.2, -0.15) is 0 Å². The van der Waals surface area contributed by atoms with Gasteiger partial charge in [0.15, 0.2) is 11.8 Å². The van der Waals surface area contributed by atoms with Crippen LogP contribution in [0.4, 0.5) is 5.69 Å². The normalized spacial score (nSPS) is 17.6. The minimum Gasteiger partial charge on any atom is -0.423 e. The Morgan fingerprint density at radius 2 is 1.78 bits per heavy atom. The van der Waals surface area contributed by atoms with E-state index in [1.165, 1.54) is 5.56 Å². The Labute approximate surface area is 105 Å². The van der Waals surface area contributed by atoms with Crippen molar-refractivity contribution in [2.45, 2.75) is 13.0 Å². The molecular weight excluding hydrogens is 226 g/mol. The first-order chi connectivity index (χ1) is 8.74. The molecule has 0 aromatic heterocycles. The van der Waals surface area contributed by atoms with E-state index < -0.39 is 6.04 Å². The number of aryl methyl sites for hydroxylation is 1. The lowest BCUT2D eigenvalue weighted by atomic mass is 10.0. The lowest BCUT2D eigenvalue weighted by molar-refractivity contribution is -0.136. The molecule has 2 aromatic rings. The van der Waals surface area contributed by atoms with Crippen LogP contribution in [0.25, 0.3) is 0 Å². The van der Waals surface area contributed by atoms with Gasteiger partial charge in [0, 0.05) is 0 Å². The number of rotatable bonds is 1. The standard InChI is InChI=1S/C15H13NO2/c1-10-6-8-11(9-7-10)14-15(17)18-13-5-3-2-4-12(13)16-14/h2-9,14,16H,1H3/t14-/m1/s1. The molecule has 1 atom stereocenters. The summed E-state index contributed by atoms with van der Waals surface area (Å²) in [6, 6.07) is 14.9. The molecule has 0 aliphatic carbocycles. The molecule has 0 spiro atoms. The molecule has 3 nitrogen and oxygen atoms in total. The number of esters is 1. The van der Waals surface area contributed by atoms with Gasteiger partial charge in [-0.05, 0) is 24.6 Å². The molecule has 18 heavy (non-hydrogen) atoms.